The van der Waals surface area contributed by atoms with E-state index >= 15 is 0 Å². The summed E-state index contributed by atoms with van der Waals surface area (Å²) in [5.41, 5.74) is 1.78. The van der Waals surface area contributed by atoms with Crippen LogP contribution in [0.3, 0.4) is 0 Å². The summed E-state index contributed by atoms with van der Waals surface area (Å²) in [6.07, 6.45) is 7.66. The molecule has 1 fully saturated rings. The van der Waals surface area contributed by atoms with Crippen LogP contribution >= 0.6 is 11.6 Å². The van der Waals surface area contributed by atoms with Crippen molar-refractivity contribution in [3.63, 3.8) is 0 Å². The lowest BCUT2D eigenvalue weighted by Gasteiger charge is -2.19. The van der Waals surface area contributed by atoms with Gasteiger partial charge in [0, 0.05) is 24.2 Å². The molecule has 3 aromatic rings. The summed E-state index contributed by atoms with van der Waals surface area (Å²) < 4.78 is 1.82. The van der Waals surface area contributed by atoms with Crippen LogP contribution in [0.5, 0.6) is 0 Å². The largest absolute Gasteiger partial charge is 0.339 e. The fraction of sp³-hybridized carbons (Fsp3) is 0.500. The molecule has 0 amide bonds. The molecule has 0 radical (unpaired) electrons. The van der Waals surface area contributed by atoms with E-state index in [-0.39, 0.29) is 0 Å². The lowest BCUT2D eigenvalue weighted by atomic mass is 9.96. The lowest BCUT2D eigenvalue weighted by Crippen LogP contribution is -2.25. The first-order chi connectivity index (χ1) is 14.1. The number of nitrogens with one attached hydrogen (secondary N) is 1. The molecule has 1 unspecified atom stereocenters. The van der Waals surface area contributed by atoms with Crippen molar-refractivity contribution in [3.8, 4) is 0 Å². The van der Waals surface area contributed by atoms with Gasteiger partial charge in [0.1, 0.15) is 11.6 Å². The summed E-state index contributed by atoms with van der Waals surface area (Å²) in [7, 11) is 1.93. The molecular formula is C22H29ClN6. The number of benzene rings is 1. The van der Waals surface area contributed by atoms with Crippen molar-refractivity contribution < 1.29 is 0 Å². The molecular weight excluding hydrogens is 384 g/mol. The normalized spacial score (nSPS) is 18.1. The average Bonchev–Trinajstić information content (AvgIpc) is 2.92. The molecule has 1 N–H and O–H groups in total. The van der Waals surface area contributed by atoms with Crippen LogP contribution < -0.4 is 5.32 Å². The minimum Gasteiger partial charge on any atom is -0.339 e. The summed E-state index contributed by atoms with van der Waals surface area (Å²) >= 11 is 6.15. The van der Waals surface area contributed by atoms with Crippen LogP contribution in [0.15, 0.2) is 30.5 Å². The smallest absolute Gasteiger partial charge is 0.163 e. The highest BCUT2D eigenvalue weighted by molar-refractivity contribution is 6.30. The van der Waals surface area contributed by atoms with E-state index in [1.807, 2.05) is 42.2 Å². The van der Waals surface area contributed by atoms with Gasteiger partial charge in [-0.3, -0.25) is 4.68 Å². The first-order valence-corrected chi connectivity index (χ1v) is 10.9. The van der Waals surface area contributed by atoms with Crippen LogP contribution in [-0.2, 0) is 13.5 Å². The molecule has 0 spiro atoms. The Balaban J connectivity index is 1.57. The third kappa shape index (κ3) is 4.87. The fourth-order valence-corrected chi connectivity index (χ4v) is 4.37. The number of likely N-dealkylation sites (tertiary alicyclic amines) is 1. The maximum absolute atomic E-state index is 6.15. The Morgan fingerprint density at radius 3 is 2.93 bits per heavy atom. The van der Waals surface area contributed by atoms with Gasteiger partial charge in [-0.25, -0.2) is 9.97 Å². The van der Waals surface area contributed by atoms with Crippen LogP contribution in [0.1, 0.15) is 38.4 Å². The standard InChI is InChI=1S/C22H29ClN6/c1-3-10-29-11-5-6-16(9-12-29)13-20-26-21(19-15-24-28(2)22(19)27-20)25-18-8-4-7-17(23)14-18/h4,7-8,14-16H,3,5-6,9-13H2,1-2H3,(H,25,26,27). The molecule has 1 aliphatic rings. The summed E-state index contributed by atoms with van der Waals surface area (Å²) in [6.45, 7) is 5.86. The van der Waals surface area contributed by atoms with Crippen molar-refractivity contribution in [2.45, 2.75) is 39.0 Å². The maximum atomic E-state index is 6.15. The van der Waals surface area contributed by atoms with E-state index in [2.05, 4.69) is 22.2 Å². The van der Waals surface area contributed by atoms with Gasteiger partial charge in [-0.05, 0) is 69.4 Å². The highest BCUT2D eigenvalue weighted by Gasteiger charge is 2.20. The van der Waals surface area contributed by atoms with Crippen LogP contribution in [0.25, 0.3) is 11.0 Å². The van der Waals surface area contributed by atoms with Gasteiger partial charge in [0.2, 0.25) is 0 Å². The van der Waals surface area contributed by atoms with Gasteiger partial charge < -0.3 is 10.2 Å². The van der Waals surface area contributed by atoms with Crippen molar-refractivity contribution in [3.05, 3.63) is 41.3 Å². The number of fused-ring (bicyclic) bond motifs is 1. The fourth-order valence-electron chi connectivity index (χ4n) is 4.18. The molecule has 7 heteroatoms. The van der Waals surface area contributed by atoms with Crippen molar-refractivity contribution >= 4 is 34.1 Å². The van der Waals surface area contributed by atoms with Gasteiger partial charge in [-0.15, -0.1) is 0 Å². The van der Waals surface area contributed by atoms with Crippen LogP contribution in [0.2, 0.25) is 5.02 Å². The van der Waals surface area contributed by atoms with E-state index in [9.17, 15) is 0 Å². The number of aromatic nitrogens is 4. The van der Waals surface area contributed by atoms with Gasteiger partial charge in [-0.2, -0.15) is 5.10 Å². The van der Waals surface area contributed by atoms with Gasteiger partial charge in [0.15, 0.2) is 5.65 Å². The quantitative estimate of drug-likeness (QED) is 0.629. The number of aryl methyl sites for hydroxylation is 1. The maximum Gasteiger partial charge on any atom is 0.163 e. The van der Waals surface area contributed by atoms with E-state index < -0.39 is 0 Å². The monoisotopic (exact) mass is 412 g/mol. The summed E-state index contributed by atoms with van der Waals surface area (Å²) in [5.74, 6) is 2.31. The number of halogens is 1. The molecule has 1 aromatic carbocycles. The Hall–Kier alpha value is -2.18. The van der Waals surface area contributed by atoms with Crippen molar-refractivity contribution in [2.75, 3.05) is 25.0 Å². The molecule has 0 saturated carbocycles. The predicted molar refractivity (Wildman–Crippen MR) is 119 cm³/mol. The molecule has 29 heavy (non-hydrogen) atoms. The van der Waals surface area contributed by atoms with Crippen LogP contribution in [0, 0.1) is 5.92 Å². The Morgan fingerprint density at radius 2 is 2.10 bits per heavy atom. The van der Waals surface area contributed by atoms with Crippen molar-refractivity contribution in [1.82, 2.24) is 24.6 Å². The molecule has 1 saturated heterocycles. The zero-order valence-electron chi connectivity index (χ0n) is 17.2. The van der Waals surface area contributed by atoms with Gasteiger partial charge >= 0.3 is 0 Å². The minimum atomic E-state index is 0.626. The number of hydrogen-bond acceptors (Lipinski definition) is 5. The third-order valence-corrected chi connectivity index (χ3v) is 5.91. The Labute approximate surface area is 177 Å². The zero-order chi connectivity index (χ0) is 20.2. The van der Waals surface area contributed by atoms with Crippen molar-refractivity contribution in [2.24, 2.45) is 13.0 Å². The molecule has 1 atom stereocenters. The highest BCUT2D eigenvalue weighted by Crippen LogP contribution is 2.27. The number of rotatable bonds is 6. The summed E-state index contributed by atoms with van der Waals surface area (Å²) in [4.78, 5) is 12.3. The van der Waals surface area contributed by atoms with E-state index in [1.165, 1.54) is 45.3 Å². The molecule has 3 heterocycles. The van der Waals surface area contributed by atoms with E-state index in [0.29, 0.717) is 10.9 Å². The molecule has 1 aliphatic heterocycles. The molecule has 0 bridgehead atoms. The molecule has 154 valence electrons. The Morgan fingerprint density at radius 1 is 1.21 bits per heavy atom. The van der Waals surface area contributed by atoms with Gasteiger partial charge in [-0.1, -0.05) is 24.6 Å². The molecule has 4 rings (SSSR count). The van der Waals surface area contributed by atoms with E-state index in [0.717, 1.165) is 34.8 Å². The number of anilines is 2. The van der Waals surface area contributed by atoms with Crippen LogP contribution in [-0.4, -0.2) is 44.3 Å². The SMILES string of the molecule is CCCN1CCCC(Cc2nc(Nc3cccc(Cl)c3)c3cnn(C)c3n2)CC1. The first kappa shape index (κ1) is 20.1. The van der Waals surface area contributed by atoms with Crippen LogP contribution in [0.4, 0.5) is 11.5 Å². The van der Waals surface area contributed by atoms with Gasteiger partial charge in [0.25, 0.3) is 0 Å². The van der Waals surface area contributed by atoms with Crippen molar-refractivity contribution in [1.29, 1.82) is 0 Å². The molecule has 0 aliphatic carbocycles. The lowest BCUT2D eigenvalue weighted by molar-refractivity contribution is 0.281. The summed E-state index contributed by atoms with van der Waals surface area (Å²) in [5, 5.41) is 9.43. The molecule has 6 nitrogen and oxygen atoms in total. The second-order valence-electron chi connectivity index (χ2n) is 7.97. The number of nitrogens with zero attached hydrogens (tertiary/aromatic N) is 5. The topological polar surface area (TPSA) is 58.9 Å². The average molecular weight is 413 g/mol. The summed E-state index contributed by atoms with van der Waals surface area (Å²) in [6, 6.07) is 7.69. The second kappa shape index (κ2) is 9.09. The Bertz CT molecular complexity index is 969. The second-order valence-corrected chi connectivity index (χ2v) is 8.41. The van der Waals surface area contributed by atoms with Gasteiger partial charge in [0.05, 0.1) is 11.6 Å². The first-order valence-electron chi connectivity index (χ1n) is 10.6. The van der Waals surface area contributed by atoms with E-state index in [4.69, 9.17) is 21.6 Å². The Kier molecular flexibility index (Phi) is 6.31. The highest BCUT2D eigenvalue weighted by atomic mass is 35.5. The molecule has 2 aromatic heterocycles. The number of hydrogen-bond donors (Lipinski definition) is 1. The third-order valence-electron chi connectivity index (χ3n) is 5.68. The minimum absolute atomic E-state index is 0.626. The zero-order valence-corrected chi connectivity index (χ0v) is 18.0. The van der Waals surface area contributed by atoms with E-state index in [1.54, 1.807) is 0 Å². The predicted octanol–water partition coefficient (Wildman–Crippen LogP) is 4.81.